The molecule has 9 atom stereocenters. The van der Waals surface area contributed by atoms with Gasteiger partial charge in [-0.2, -0.15) is 0 Å². The van der Waals surface area contributed by atoms with Crippen LogP contribution in [0.15, 0.2) is 16.5 Å². The van der Waals surface area contributed by atoms with Gasteiger partial charge in [0.05, 0.1) is 0 Å². The Morgan fingerprint density at radius 1 is 0.900 bits per heavy atom. The van der Waals surface area contributed by atoms with Crippen LogP contribution >= 0.6 is 0 Å². The van der Waals surface area contributed by atoms with Gasteiger partial charge in [0.2, 0.25) is 11.8 Å². The molecule has 0 aliphatic heterocycles. The van der Waals surface area contributed by atoms with E-state index in [1.807, 2.05) is 19.1 Å². The molecular formula is C25H32N2O3. The number of fused-ring (bicyclic) bond motifs is 10. The zero-order valence-electron chi connectivity index (χ0n) is 17.7. The molecule has 5 heteroatoms. The molecule has 6 aliphatic rings. The SMILES string of the molecule is Cc1ccc(C(CNC(=O)C2C3C4CCC(C4)C23)NC(=O)C2C3C4CCC(C4)C23)o1. The van der Waals surface area contributed by atoms with Crippen LogP contribution in [0, 0.1) is 66.1 Å². The molecule has 6 fully saturated rings. The third kappa shape index (κ3) is 2.47. The molecule has 4 bridgehead atoms. The fourth-order valence-corrected chi connectivity index (χ4v) is 8.80. The maximum Gasteiger partial charge on any atom is 0.224 e. The van der Waals surface area contributed by atoms with E-state index in [4.69, 9.17) is 4.42 Å². The van der Waals surface area contributed by atoms with Crippen molar-refractivity contribution in [3.8, 4) is 0 Å². The number of carbonyl (C=O) groups is 2. The smallest absolute Gasteiger partial charge is 0.224 e. The van der Waals surface area contributed by atoms with Crippen LogP contribution in [0.3, 0.4) is 0 Å². The van der Waals surface area contributed by atoms with Gasteiger partial charge in [-0.15, -0.1) is 0 Å². The largest absolute Gasteiger partial charge is 0.464 e. The van der Waals surface area contributed by atoms with Gasteiger partial charge in [-0.3, -0.25) is 9.59 Å². The predicted molar refractivity (Wildman–Crippen MR) is 110 cm³/mol. The standard InChI is InChI=1S/C25H32N2O3/c1-11-2-7-17(30-11)16(27-25(29)23-20-14-5-6-15(9-14)21(20)23)10-26-24(28)22-18-12-3-4-13(8-12)19(18)22/h2,7,12-16,18-23H,3-6,8-10H2,1H3,(H,26,28)(H,27,29). The van der Waals surface area contributed by atoms with Crippen LogP contribution in [0.1, 0.15) is 56.1 Å². The van der Waals surface area contributed by atoms with E-state index in [1.54, 1.807) is 0 Å². The van der Waals surface area contributed by atoms with Crippen LogP contribution in [-0.4, -0.2) is 18.4 Å². The minimum atomic E-state index is -0.274. The van der Waals surface area contributed by atoms with Gasteiger partial charge >= 0.3 is 0 Å². The molecule has 6 saturated carbocycles. The van der Waals surface area contributed by atoms with Gasteiger partial charge in [0.1, 0.15) is 17.6 Å². The molecule has 1 heterocycles. The molecule has 6 aliphatic carbocycles. The van der Waals surface area contributed by atoms with Crippen molar-refractivity contribution >= 4 is 11.8 Å². The Morgan fingerprint density at radius 2 is 1.43 bits per heavy atom. The van der Waals surface area contributed by atoms with Gasteiger partial charge in [-0.1, -0.05) is 0 Å². The average Bonchev–Trinajstić information content (AvgIpc) is 3.20. The van der Waals surface area contributed by atoms with Crippen LogP contribution in [0.4, 0.5) is 0 Å². The fourth-order valence-electron chi connectivity index (χ4n) is 8.80. The topological polar surface area (TPSA) is 71.3 Å². The number of nitrogens with one attached hydrogen (secondary N) is 2. The fraction of sp³-hybridized carbons (Fsp3) is 0.760. The molecule has 0 saturated heterocycles. The van der Waals surface area contributed by atoms with Crippen molar-refractivity contribution in [2.45, 2.75) is 51.5 Å². The van der Waals surface area contributed by atoms with Crippen LogP contribution in [0.25, 0.3) is 0 Å². The molecule has 2 amide bonds. The summed E-state index contributed by atoms with van der Waals surface area (Å²) in [5.41, 5.74) is 0. The Morgan fingerprint density at radius 3 is 1.93 bits per heavy atom. The summed E-state index contributed by atoms with van der Waals surface area (Å²) in [7, 11) is 0. The number of furan rings is 1. The molecule has 7 rings (SSSR count). The molecular weight excluding hydrogens is 376 g/mol. The summed E-state index contributed by atoms with van der Waals surface area (Å²) in [5.74, 6) is 8.08. The molecule has 0 aromatic carbocycles. The predicted octanol–water partition coefficient (Wildman–Crippen LogP) is 3.45. The number of amides is 2. The maximum absolute atomic E-state index is 13.1. The summed E-state index contributed by atoms with van der Waals surface area (Å²) >= 11 is 0. The first kappa shape index (κ1) is 17.9. The first-order valence-corrected chi connectivity index (χ1v) is 12.2. The number of rotatable bonds is 6. The third-order valence-electron chi connectivity index (χ3n) is 9.98. The quantitative estimate of drug-likeness (QED) is 0.757. The monoisotopic (exact) mass is 408 g/mol. The van der Waals surface area contributed by atoms with Crippen molar-refractivity contribution in [2.75, 3.05) is 6.54 Å². The van der Waals surface area contributed by atoms with Crippen molar-refractivity contribution in [3.63, 3.8) is 0 Å². The molecule has 160 valence electrons. The van der Waals surface area contributed by atoms with Crippen molar-refractivity contribution in [3.05, 3.63) is 23.7 Å². The lowest BCUT2D eigenvalue weighted by Crippen LogP contribution is -2.40. The van der Waals surface area contributed by atoms with Crippen LogP contribution < -0.4 is 10.6 Å². The van der Waals surface area contributed by atoms with E-state index in [0.29, 0.717) is 30.2 Å². The van der Waals surface area contributed by atoms with Gasteiger partial charge < -0.3 is 15.1 Å². The van der Waals surface area contributed by atoms with Crippen molar-refractivity contribution < 1.29 is 14.0 Å². The molecule has 1 aromatic heterocycles. The van der Waals surface area contributed by atoms with Gasteiger partial charge in [0, 0.05) is 18.4 Å². The van der Waals surface area contributed by atoms with Crippen LogP contribution in [-0.2, 0) is 9.59 Å². The Hall–Kier alpha value is -1.78. The maximum atomic E-state index is 13.1. The normalized spacial score (nSPS) is 47.0. The summed E-state index contributed by atoms with van der Waals surface area (Å²) < 4.78 is 5.86. The van der Waals surface area contributed by atoms with Crippen LogP contribution in [0.5, 0.6) is 0 Å². The Balaban J connectivity index is 1.02. The van der Waals surface area contributed by atoms with Gasteiger partial charge in [-0.05, 0) is 105 Å². The van der Waals surface area contributed by atoms with E-state index >= 15 is 0 Å². The van der Waals surface area contributed by atoms with E-state index in [2.05, 4.69) is 10.6 Å². The molecule has 2 N–H and O–H groups in total. The molecule has 30 heavy (non-hydrogen) atoms. The molecule has 9 unspecified atom stereocenters. The molecule has 0 radical (unpaired) electrons. The Bertz CT molecular complexity index is 876. The second kappa shape index (κ2) is 6.14. The minimum Gasteiger partial charge on any atom is -0.464 e. The van der Waals surface area contributed by atoms with E-state index in [0.717, 1.165) is 35.2 Å². The summed E-state index contributed by atoms with van der Waals surface area (Å²) in [5, 5.41) is 6.43. The zero-order valence-corrected chi connectivity index (χ0v) is 17.7. The highest BCUT2D eigenvalue weighted by molar-refractivity contribution is 5.84. The van der Waals surface area contributed by atoms with E-state index < -0.39 is 0 Å². The van der Waals surface area contributed by atoms with Gasteiger partial charge in [0.15, 0.2) is 0 Å². The number of carbonyl (C=O) groups excluding carboxylic acids is 2. The average molecular weight is 409 g/mol. The number of aryl methyl sites for hydroxylation is 1. The summed E-state index contributed by atoms with van der Waals surface area (Å²) in [6.45, 7) is 2.35. The van der Waals surface area contributed by atoms with Crippen molar-refractivity contribution in [1.82, 2.24) is 10.6 Å². The van der Waals surface area contributed by atoms with E-state index in [1.165, 1.54) is 38.5 Å². The lowest BCUT2D eigenvalue weighted by Gasteiger charge is -2.19. The minimum absolute atomic E-state index is 0.177. The lowest BCUT2D eigenvalue weighted by atomic mass is 10.0. The highest BCUT2D eigenvalue weighted by atomic mass is 16.3. The summed E-state index contributed by atoms with van der Waals surface area (Å²) in [4.78, 5) is 26.0. The second-order valence-electron chi connectivity index (χ2n) is 11.3. The van der Waals surface area contributed by atoms with Gasteiger partial charge in [0.25, 0.3) is 0 Å². The first-order valence-electron chi connectivity index (χ1n) is 12.2. The summed E-state index contributed by atoms with van der Waals surface area (Å²) in [6, 6.07) is 3.60. The first-order chi connectivity index (χ1) is 14.6. The Labute approximate surface area is 177 Å². The van der Waals surface area contributed by atoms with Crippen LogP contribution in [0.2, 0.25) is 0 Å². The van der Waals surface area contributed by atoms with Crippen molar-refractivity contribution in [1.29, 1.82) is 0 Å². The third-order valence-corrected chi connectivity index (χ3v) is 9.98. The number of hydrogen-bond donors (Lipinski definition) is 2. The number of hydrogen-bond acceptors (Lipinski definition) is 3. The Kier molecular flexibility index (Phi) is 3.65. The molecule has 1 aromatic rings. The summed E-state index contributed by atoms with van der Waals surface area (Å²) in [6.07, 6.45) is 7.99. The zero-order chi connectivity index (χ0) is 20.1. The highest BCUT2D eigenvalue weighted by Crippen LogP contribution is 2.70. The van der Waals surface area contributed by atoms with Gasteiger partial charge in [-0.25, -0.2) is 0 Å². The van der Waals surface area contributed by atoms with E-state index in [9.17, 15) is 9.59 Å². The second-order valence-corrected chi connectivity index (χ2v) is 11.3. The van der Waals surface area contributed by atoms with E-state index in [-0.39, 0.29) is 29.7 Å². The lowest BCUT2D eigenvalue weighted by molar-refractivity contribution is -0.126. The van der Waals surface area contributed by atoms with Crippen molar-refractivity contribution in [2.24, 2.45) is 59.2 Å². The highest BCUT2D eigenvalue weighted by Gasteiger charge is 2.68. The molecule has 5 nitrogen and oxygen atoms in total. The molecule has 0 spiro atoms.